The summed E-state index contributed by atoms with van der Waals surface area (Å²) in [4.78, 5) is 23.4. The van der Waals surface area contributed by atoms with Crippen molar-refractivity contribution < 1.29 is 9.32 Å². The van der Waals surface area contributed by atoms with E-state index in [1.54, 1.807) is 12.4 Å². The summed E-state index contributed by atoms with van der Waals surface area (Å²) in [5, 5.41) is 4.09. The van der Waals surface area contributed by atoms with Crippen LogP contribution >= 0.6 is 0 Å². The highest BCUT2D eigenvalue weighted by molar-refractivity contribution is 5.94. The normalized spacial score (nSPS) is 17.3. The molecule has 1 aliphatic heterocycles. The number of piperidine rings is 1. The molecule has 6 heteroatoms. The van der Waals surface area contributed by atoms with Gasteiger partial charge in [-0.05, 0) is 50.5 Å². The van der Waals surface area contributed by atoms with Gasteiger partial charge in [0, 0.05) is 30.1 Å². The van der Waals surface area contributed by atoms with Crippen molar-refractivity contribution in [3.63, 3.8) is 0 Å². The van der Waals surface area contributed by atoms with Crippen molar-refractivity contribution in [1.82, 2.24) is 20.0 Å². The largest absolute Gasteiger partial charge is 0.337 e. The van der Waals surface area contributed by atoms with Crippen molar-refractivity contribution in [2.75, 3.05) is 6.54 Å². The molecule has 6 nitrogen and oxygen atoms in total. The van der Waals surface area contributed by atoms with E-state index in [0.717, 1.165) is 30.4 Å². The fraction of sp³-hybridized carbons (Fsp3) is 0.300. The summed E-state index contributed by atoms with van der Waals surface area (Å²) in [6.07, 6.45) is 6.24. The summed E-state index contributed by atoms with van der Waals surface area (Å²) in [7, 11) is 0. The van der Waals surface area contributed by atoms with Gasteiger partial charge in [-0.2, -0.15) is 4.98 Å². The van der Waals surface area contributed by atoms with Crippen LogP contribution in [0.25, 0.3) is 11.4 Å². The molecule has 1 amide bonds. The average Bonchev–Trinajstić information content (AvgIpc) is 3.19. The summed E-state index contributed by atoms with van der Waals surface area (Å²) >= 11 is 0. The number of pyridine rings is 1. The SMILES string of the molecule is Cc1ccc(C(=O)N2CCCC[C@@H]2c2nc(-c3ccncc3)no2)cc1. The summed E-state index contributed by atoms with van der Waals surface area (Å²) < 4.78 is 5.52. The Morgan fingerprint density at radius 1 is 1.12 bits per heavy atom. The van der Waals surface area contributed by atoms with E-state index in [1.807, 2.05) is 48.2 Å². The van der Waals surface area contributed by atoms with Crippen molar-refractivity contribution in [3.8, 4) is 11.4 Å². The summed E-state index contributed by atoms with van der Waals surface area (Å²) in [5.41, 5.74) is 2.68. The highest BCUT2D eigenvalue weighted by Crippen LogP contribution is 2.32. The number of carbonyl (C=O) groups is 1. The molecule has 0 N–H and O–H groups in total. The van der Waals surface area contributed by atoms with Crippen molar-refractivity contribution >= 4 is 5.91 Å². The number of aromatic nitrogens is 3. The fourth-order valence-electron chi connectivity index (χ4n) is 3.28. The van der Waals surface area contributed by atoms with E-state index in [1.165, 1.54) is 0 Å². The van der Waals surface area contributed by atoms with Crippen molar-refractivity contribution in [2.45, 2.75) is 32.2 Å². The highest BCUT2D eigenvalue weighted by atomic mass is 16.5. The maximum atomic E-state index is 13.0. The second-order valence-corrected chi connectivity index (χ2v) is 6.57. The summed E-state index contributed by atoms with van der Waals surface area (Å²) in [6, 6.07) is 11.2. The first-order valence-corrected chi connectivity index (χ1v) is 8.84. The third-order valence-corrected chi connectivity index (χ3v) is 4.73. The van der Waals surface area contributed by atoms with E-state index in [-0.39, 0.29) is 11.9 Å². The van der Waals surface area contributed by atoms with E-state index in [4.69, 9.17) is 4.52 Å². The van der Waals surface area contributed by atoms with Gasteiger partial charge in [0.2, 0.25) is 11.7 Å². The van der Waals surface area contributed by atoms with Gasteiger partial charge in [-0.1, -0.05) is 22.9 Å². The van der Waals surface area contributed by atoms with Crippen LogP contribution in [-0.4, -0.2) is 32.5 Å². The highest BCUT2D eigenvalue weighted by Gasteiger charge is 2.32. The molecule has 26 heavy (non-hydrogen) atoms. The Morgan fingerprint density at radius 2 is 1.88 bits per heavy atom. The number of hydrogen-bond acceptors (Lipinski definition) is 5. The Kier molecular flexibility index (Phi) is 4.48. The van der Waals surface area contributed by atoms with Crippen molar-refractivity contribution in [1.29, 1.82) is 0 Å². The van der Waals surface area contributed by atoms with Gasteiger partial charge in [0.15, 0.2) is 0 Å². The lowest BCUT2D eigenvalue weighted by Crippen LogP contribution is -2.38. The third kappa shape index (κ3) is 3.22. The van der Waals surface area contributed by atoms with Gasteiger partial charge in [-0.3, -0.25) is 9.78 Å². The minimum Gasteiger partial charge on any atom is -0.337 e. The van der Waals surface area contributed by atoms with Crippen molar-refractivity contribution in [3.05, 3.63) is 65.8 Å². The molecule has 2 aromatic heterocycles. The van der Waals surface area contributed by atoms with Crippen LogP contribution in [0.5, 0.6) is 0 Å². The number of rotatable bonds is 3. The maximum Gasteiger partial charge on any atom is 0.254 e. The Labute approximate surface area is 151 Å². The molecule has 3 heterocycles. The molecule has 1 saturated heterocycles. The lowest BCUT2D eigenvalue weighted by molar-refractivity contribution is 0.0561. The second kappa shape index (κ2) is 7.07. The van der Waals surface area contributed by atoms with E-state index in [0.29, 0.717) is 23.8 Å². The summed E-state index contributed by atoms with van der Waals surface area (Å²) in [5.74, 6) is 1.03. The predicted octanol–water partition coefficient (Wildman–Crippen LogP) is 3.81. The number of hydrogen-bond donors (Lipinski definition) is 0. The standard InChI is InChI=1S/C20H20N4O2/c1-14-5-7-16(8-6-14)20(25)24-13-3-2-4-17(24)19-22-18(23-26-19)15-9-11-21-12-10-15/h5-12,17H,2-4,13H2,1H3/t17-/m1/s1. The third-order valence-electron chi connectivity index (χ3n) is 4.73. The van der Waals surface area contributed by atoms with Gasteiger partial charge >= 0.3 is 0 Å². The van der Waals surface area contributed by atoms with Crippen LogP contribution in [0.15, 0.2) is 53.3 Å². The molecular formula is C20H20N4O2. The van der Waals surface area contributed by atoms with E-state index in [2.05, 4.69) is 15.1 Å². The average molecular weight is 348 g/mol. The molecule has 1 aliphatic rings. The molecule has 3 aromatic rings. The molecule has 0 bridgehead atoms. The minimum atomic E-state index is -0.180. The zero-order valence-corrected chi connectivity index (χ0v) is 14.6. The van der Waals surface area contributed by atoms with Gasteiger partial charge in [0.05, 0.1) is 0 Å². The number of benzene rings is 1. The van der Waals surface area contributed by atoms with Crippen LogP contribution in [0, 0.1) is 6.92 Å². The first-order valence-electron chi connectivity index (χ1n) is 8.84. The lowest BCUT2D eigenvalue weighted by atomic mass is 10.0. The number of carbonyl (C=O) groups excluding carboxylic acids is 1. The van der Waals surface area contributed by atoms with Gasteiger partial charge in [0.1, 0.15) is 6.04 Å². The van der Waals surface area contributed by atoms with Gasteiger partial charge in [-0.15, -0.1) is 0 Å². The van der Waals surface area contributed by atoms with Crippen LogP contribution in [0.1, 0.15) is 47.1 Å². The van der Waals surface area contributed by atoms with Crippen molar-refractivity contribution in [2.24, 2.45) is 0 Å². The monoisotopic (exact) mass is 348 g/mol. The molecule has 4 rings (SSSR count). The Bertz CT molecular complexity index is 890. The zero-order chi connectivity index (χ0) is 17.9. The molecule has 132 valence electrons. The Morgan fingerprint density at radius 3 is 2.65 bits per heavy atom. The summed E-state index contributed by atoms with van der Waals surface area (Å²) in [6.45, 7) is 2.71. The molecule has 0 saturated carbocycles. The Hall–Kier alpha value is -3.02. The van der Waals surface area contributed by atoms with Crippen LogP contribution in [0.3, 0.4) is 0 Å². The second-order valence-electron chi connectivity index (χ2n) is 6.57. The number of amides is 1. The van der Waals surface area contributed by atoms with Crippen LogP contribution in [0.4, 0.5) is 0 Å². The molecular weight excluding hydrogens is 328 g/mol. The zero-order valence-electron chi connectivity index (χ0n) is 14.6. The van der Waals surface area contributed by atoms with E-state index < -0.39 is 0 Å². The first-order chi connectivity index (χ1) is 12.7. The number of aryl methyl sites for hydroxylation is 1. The topological polar surface area (TPSA) is 72.1 Å². The quantitative estimate of drug-likeness (QED) is 0.720. The molecule has 0 radical (unpaired) electrons. The lowest BCUT2D eigenvalue weighted by Gasteiger charge is -2.33. The smallest absolute Gasteiger partial charge is 0.254 e. The van der Waals surface area contributed by atoms with Crippen LogP contribution in [-0.2, 0) is 0 Å². The minimum absolute atomic E-state index is 0.0124. The maximum absolute atomic E-state index is 13.0. The van der Waals surface area contributed by atoms with Gasteiger partial charge < -0.3 is 9.42 Å². The van der Waals surface area contributed by atoms with Crippen LogP contribution in [0.2, 0.25) is 0 Å². The van der Waals surface area contributed by atoms with E-state index >= 15 is 0 Å². The van der Waals surface area contributed by atoms with Gasteiger partial charge in [0.25, 0.3) is 5.91 Å². The Balaban J connectivity index is 1.61. The number of likely N-dealkylation sites (tertiary alicyclic amines) is 1. The molecule has 1 fully saturated rings. The first kappa shape index (κ1) is 16.4. The van der Waals surface area contributed by atoms with Gasteiger partial charge in [-0.25, -0.2) is 0 Å². The fourth-order valence-corrected chi connectivity index (χ4v) is 3.28. The van der Waals surface area contributed by atoms with E-state index in [9.17, 15) is 4.79 Å². The number of nitrogens with zero attached hydrogens (tertiary/aromatic N) is 4. The molecule has 1 aromatic carbocycles. The van der Waals surface area contributed by atoms with Crippen LogP contribution < -0.4 is 0 Å². The molecule has 1 atom stereocenters. The molecule has 0 unspecified atom stereocenters. The molecule has 0 aliphatic carbocycles. The molecule has 0 spiro atoms. The predicted molar refractivity (Wildman–Crippen MR) is 96.3 cm³/mol.